The van der Waals surface area contributed by atoms with Gasteiger partial charge in [0.15, 0.2) is 39.4 Å². The van der Waals surface area contributed by atoms with Gasteiger partial charge in [-0.3, -0.25) is 55.2 Å². The van der Waals surface area contributed by atoms with Crippen LogP contribution in [-0.4, -0.2) is 99.6 Å². The van der Waals surface area contributed by atoms with Crippen molar-refractivity contribution in [3.8, 4) is 95.4 Å². The zero-order chi connectivity index (χ0) is 78.3. The van der Waals surface area contributed by atoms with Crippen molar-refractivity contribution in [2.45, 2.75) is 46.2 Å². The summed E-state index contributed by atoms with van der Waals surface area (Å²) >= 11 is 19.4. The molecule has 27 nitrogen and oxygen atoms in total. The molecule has 108 heavy (non-hydrogen) atoms. The maximum absolute atomic E-state index is 14.7. The number of ether oxygens (including phenoxy) is 1. The number of rotatable bonds is 12. The molecule has 0 aliphatic carbocycles. The number of nitrogens with one attached hydrogen (secondary N) is 3. The van der Waals surface area contributed by atoms with Gasteiger partial charge in [-0.05, 0) is 79.7 Å². The fraction of sp³-hybridized carbons (Fsp3) is 0.108. The number of aryl methyl sites for hydroxylation is 1. The molecule has 3 aromatic carbocycles. The van der Waals surface area contributed by atoms with Gasteiger partial charge in [0, 0.05) is 58.0 Å². The summed E-state index contributed by atoms with van der Waals surface area (Å²) in [6.45, 7) is 5.12. The van der Waals surface area contributed by atoms with Crippen LogP contribution in [0.5, 0.6) is 0 Å². The second-order valence-electron chi connectivity index (χ2n) is 21.4. The topological polar surface area (TPSA) is 353 Å². The predicted molar refractivity (Wildman–Crippen MR) is 356 cm³/mol. The van der Waals surface area contributed by atoms with Gasteiger partial charge in [-0.2, -0.15) is 54.8 Å². The SMILES string of the molecule is CC(=O)NNC(=O)c1c(-c2c(F)cccc2Cl)noc1-c1cnn(-c2ccncc2)c1C(F)(F)F.CC(=O)OC(C)=O.Cc1nnc(-c2c(-c3c(F)cccc3Cl)noc2-c2cnn(-c3ccncc3)c2C(F)(F)F)s1.NNC(=O)c1c(-c2c(F)cccc2Cl)noc1-c1cnn(-c2ccncc2)c1C(F)(F)F. The summed E-state index contributed by atoms with van der Waals surface area (Å²) in [5, 5.41) is 31.1. The van der Waals surface area contributed by atoms with Gasteiger partial charge in [0.2, 0.25) is 5.91 Å². The first-order valence-electron chi connectivity index (χ1n) is 29.8. The van der Waals surface area contributed by atoms with E-state index in [-0.39, 0.29) is 70.8 Å². The van der Waals surface area contributed by atoms with Gasteiger partial charge in [-0.1, -0.05) is 79.8 Å². The standard InChI is InChI=1S/C21H13ClF4N6O3.C21H11ClF4N6OS.C19H11ClF4N6O2.C4H6O3/c1-10(33)29-30-20(34)16-17(15-13(22)3-2-4-14(15)23)31-35-18(16)12-9-28-32(19(12)21(24,25)26)11-5-7-27-8-6-11;1-10-29-30-20(34-10)16-17(15-13(22)3-2-4-14(15)23)31-33-18(16)12-9-28-32(19(12)21(24,25)26)11-5-7-27-8-6-11;20-11-2-1-3-12(21)13(11)15-14(18(31)28-25)16(32-29-15)10-8-27-30(17(10)19(22,23)24)9-4-6-26-7-5-9;1-3(5)7-4(2)6/h2-9H,1H3,(H,29,33)(H,30,34);2-9H,1H3;1-8H,25H2,(H,28,31);1-2H3. The maximum atomic E-state index is 14.7. The number of nitrogen functional groups attached to an aromatic ring is 1. The summed E-state index contributed by atoms with van der Waals surface area (Å²) in [4.78, 5) is 67.7. The Hall–Kier alpha value is -12.5. The maximum Gasteiger partial charge on any atom is 0.434 e. The van der Waals surface area contributed by atoms with E-state index in [1.165, 1.54) is 124 Å². The highest BCUT2D eigenvalue weighted by atomic mass is 35.5. The molecule has 43 heteroatoms. The molecule has 0 bridgehead atoms. The molecule has 5 N–H and O–H groups in total. The van der Waals surface area contributed by atoms with Crippen LogP contribution in [0.15, 0.2) is 160 Å². The lowest BCUT2D eigenvalue weighted by Gasteiger charge is -2.12. The molecule has 0 saturated heterocycles. The highest BCUT2D eigenvalue weighted by Gasteiger charge is 2.45. The third-order valence-electron chi connectivity index (χ3n) is 14.2. The number of alkyl halides is 9. The van der Waals surface area contributed by atoms with E-state index in [1.807, 2.05) is 10.9 Å². The zero-order valence-electron chi connectivity index (χ0n) is 54.4. The molecule has 556 valence electrons. The molecule has 0 atom stereocenters. The summed E-state index contributed by atoms with van der Waals surface area (Å²) in [7, 11) is 0. The molecule has 0 fully saturated rings. The van der Waals surface area contributed by atoms with Crippen molar-refractivity contribution in [1.29, 1.82) is 0 Å². The van der Waals surface area contributed by atoms with Gasteiger partial charge >= 0.3 is 30.5 Å². The number of aromatic nitrogens is 14. The number of hydrazine groups is 2. The van der Waals surface area contributed by atoms with E-state index in [9.17, 15) is 76.7 Å². The fourth-order valence-corrected chi connectivity index (χ4v) is 11.5. The van der Waals surface area contributed by atoms with Crippen molar-refractivity contribution in [1.82, 2.24) is 86.2 Å². The van der Waals surface area contributed by atoms with E-state index in [0.29, 0.717) is 14.4 Å². The number of pyridine rings is 3. The van der Waals surface area contributed by atoms with Gasteiger partial charge in [-0.15, -0.1) is 10.2 Å². The van der Waals surface area contributed by atoms with Gasteiger partial charge in [0.25, 0.3) is 11.8 Å². The quantitative estimate of drug-likeness (QED) is 0.0220. The van der Waals surface area contributed by atoms with Crippen LogP contribution >= 0.6 is 46.1 Å². The van der Waals surface area contributed by atoms with Crippen LogP contribution in [0.4, 0.5) is 52.7 Å². The minimum absolute atomic E-state index is 0.00543. The van der Waals surface area contributed by atoms with Crippen LogP contribution in [0.25, 0.3) is 95.4 Å². The Morgan fingerprint density at radius 2 is 0.815 bits per heavy atom. The first-order valence-corrected chi connectivity index (χ1v) is 31.7. The second kappa shape index (κ2) is 32.5. The average Bonchev–Trinajstić information content (AvgIpc) is 1.57. The van der Waals surface area contributed by atoms with Crippen LogP contribution in [0.3, 0.4) is 0 Å². The summed E-state index contributed by atoms with van der Waals surface area (Å²) in [6, 6.07) is 19.3. The van der Waals surface area contributed by atoms with Crippen molar-refractivity contribution in [3.63, 3.8) is 0 Å². The summed E-state index contributed by atoms with van der Waals surface area (Å²) < 4.78 is 193. The first kappa shape index (κ1) is 78.1. The number of hydrogen-bond acceptors (Lipinski definition) is 22. The first-order chi connectivity index (χ1) is 51.2. The summed E-state index contributed by atoms with van der Waals surface area (Å²) in [5.41, 5.74) is -2.24. The fourth-order valence-electron chi connectivity index (χ4n) is 10.0. The second-order valence-corrected chi connectivity index (χ2v) is 23.8. The lowest BCUT2D eigenvalue weighted by molar-refractivity contribution is -0.156. The Balaban J connectivity index is 0.000000165. The highest BCUT2D eigenvalue weighted by molar-refractivity contribution is 7.14. The normalized spacial score (nSPS) is 11.3. The minimum Gasteiger partial charge on any atom is -0.394 e. The van der Waals surface area contributed by atoms with Crippen LogP contribution < -0.4 is 22.1 Å². The number of carbonyl (C=O) groups is 5. The van der Waals surface area contributed by atoms with E-state index in [0.717, 1.165) is 59.7 Å². The van der Waals surface area contributed by atoms with Gasteiger partial charge in [0.1, 0.15) is 50.7 Å². The molecule has 3 amide bonds. The molecule has 0 aliphatic heterocycles. The van der Waals surface area contributed by atoms with Gasteiger partial charge < -0.3 is 18.3 Å². The highest BCUT2D eigenvalue weighted by Crippen LogP contribution is 2.49. The van der Waals surface area contributed by atoms with Gasteiger partial charge in [-0.25, -0.2) is 33.1 Å². The van der Waals surface area contributed by atoms with E-state index < -0.39 is 133 Å². The molecule has 0 aliphatic rings. The Bertz CT molecular complexity index is 5420. The third-order valence-corrected chi connectivity index (χ3v) is 16.0. The van der Waals surface area contributed by atoms with Crippen molar-refractivity contribution in [2.75, 3.05) is 0 Å². The monoisotopic (exact) mass is 1580 g/mol. The van der Waals surface area contributed by atoms with Crippen LogP contribution in [0, 0.1) is 24.4 Å². The number of nitrogens with zero attached hydrogens (tertiary/aromatic N) is 14. The molecular weight excluding hydrogens is 1540 g/mol. The number of carbonyl (C=O) groups excluding carboxylic acids is 5. The molecule has 13 aromatic rings. The molecule has 10 heterocycles. The summed E-state index contributed by atoms with van der Waals surface area (Å²) in [5.74, 6) is -2.87. The van der Waals surface area contributed by atoms with Crippen LogP contribution in [-0.2, 0) is 37.6 Å². The lowest BCUT2D eigenvalue weighted by atomic mass is 10.0. The van der Waals surface area contributed by atoms with E-state index in [4.69, 9.17) is 54.2 Å². The summed E-state index contributed by atoms with van der Waals surface area (Å²) in [6.07, 6.45) is -4.22. The Morgan fingerprint density at radius 3 is 1.13 bits per heavy atom. The molecular formula is C65H41Cl3F12N18O9S. The Kier molecular flexibility index (Phi) is 23.5. The number of esters is 2. The predicted octanol–water partition coefficient (Wildman–Crippen LogP) is 14.5. The molecule has 13 rings (SSSR count). The molecule has 10 aromatic heterocycles. The average molecular weight is 1580 g/mol. The van der Waals surface area contributed by atoms with Crippen molar-refractivity contribution < 1.29 is 95.0 Å². The number of halogens is 15. The van der Waals surface area contributed by atoms with E-state index in [2.05, 4.69) is 60.7 Å². The smallest absolute Gasteiger partial charge is 0.394 e. The Labute approximate surface area is 614 Å². The van der Waals surface area contributed by atoms with Crippen molar-refractivity contribution in [2.24, 2.45) is 5.84 Å². The van der Waals surface area contributed by atoms with Crippen molar-refractivity contribution >= 4 is 75.8 Å². The van der Waals surface area contributed by atoms with Gasteiger partial charge in [0.05, 0.1) is 89.7 Å². The third kappa shape index (κ3) is 16.9. The van der Waals surface area contributed by atoms with E-state index >= 15 is 0 Å². The van der Waals surface area contributed by atoms with Crippen LogP contribution in [0.1, 0.15) is 63.6 Å². The molecule has 0 saturated carbocycles. The zero-order valence-corrected chi connectivity index (χ0v) is 57.5. The minimum atomic E-state index is -4.97. The number of hydrogen-bond donors (Lipinski definition) is 4. The van der Waals surface area contributed by atoms with Crippen LogP contribution in [0.2, 0.25) is 15.1 Å². The molecule has 0 spiro atoms. The molecule has 0 unspecified atom stereocenters. The number of amides is 3. The number of benzene rings is 3. The molecule has 0 radical (unpaired) electrons. The van der Waals surface area contributed by atoms with Crippen molar-refractivity contribution in [3.05, 3.63) is 213 Å². The largest absolute Gasteiger partial charge is 0.434 e. The Morgan fingerprint density at radius 1 is 0.472 bits per heavy atom. The van der Waals surface area contributed by atoms with E-state index in [1.54, 1.807) is 12.3 Å². The number of nitrogens with two attached hydrogens (primary N) is 1. The lowest BCUT2D eigenvalue weighted by Crippen LogP contribution is -2.40.